The van der Waals surface area contributed by atoms with E-state index in [9.17, 15) is 9.59 Å². The van der Waals surface area contributed by atoms with E-state index >= 15 is 0 Å². The number of hydrogen-bond donors (Lipinski definition) is 0. The first-order valence-corrected chi connectivity index (χ1v) is 8.82. The SMILES string of the molecule is CCOCCOC(=O)c1ccc(OC(=O)COc2ccc(Cl)c(C)c2)cc1. The molecule has 0 amide bonds. The predicted molar refractivity (Wildman–Crippen MR) is 101 cm³/mol. The minimum atomic E-state index is -0.561. The lowest BCUT2D eigenvalue weighted by Gasteiger charge is -2.09. The number of benzene rings is 2. The van der Waals surface area contributed by atoms with Crippen molar-refractivity contribution in [1.82, 2.24) is 0 Å². The maximum atomic E-state index is 11.9. The lowest BCUT2D eigenvalue weighted by atomic mass is 10.2. The third kappa shape index (κ3) is 6.92. The molecular weight excluding hydrogens is 372 g/mol. The van der Waals surface area contributed by atoms with Gasteiger partial charge in [-0.05, 0) is 61.9 Å². The lowest BCUT2D eigenvalue weighted by molar-refractivity contribution is -0.136. The number of carbonyl (C=O) groups excluding carboxylic acids is 2. The molecule has 27 heavy (non-hydrogen) atoms. The summed E-state index contributed by atoms with van der Waals surface area (Å²) in [6, 6.07) is 11.2. The van der Waals surface area contributed by atoms with Crippen molar-refractivity contribution in [3.05, 3.63) is 58.6 Å². The van der Waals surface area contributed by atoms with Gasteiger partial charge in [0.15, 0.2) is 6.61 Å². The van der Waals surface area contributed by atoms with Gasteiger partial charge < -0.3 is 18.9 Å². The van der Waals surface area contributed by atoms with Crippen LogP contribution in [-0.4, -0.2) is 38.4 Å². The number of rotatable bonds is 9. The molecule has 0 unspecified atom stereocenters. The Labute approximate surface area is 162 Å². The molecule has 0 radical (unpaired) electrons. The highest BCUT2D eigenvalue weighted by Crippen LogP contribution is 2.21. The third-order valence-corrected chi connectivity index (χ3v) is 3.90. The molecule has 0 N–H and O–H groups in total. The average molecular weight is 393 g/mol. The van der Waals surface area contributed by atoms with Crippen molar-refractivity contribution in [2.75, 3.05) is 26.4 Å². The second-order valence-corrected chi connectivity index (χ2v) is 5.94. The second kappa shape index (κ2) is 10.5. The molecule has 7 heteroatoms. The highest BCUT2D eigenvalue weighted by atomic mass is 35.5. The maximum absolute atomic E-state index is 11.9. The molecule has 0 bridgehead atoms. The Balaban J connectivity index is 1.80. The molecule has 0 aliphatic carbocycles. The molecular formula is C20H21ClO6. The first kappa shape index (κ1) is 20.7. The first-order chi connectivity index (χ1) is 13.0. The van der Waals surface area contributed by atoms with Crippen LogP contribution in [0.15, 0.2) is 42.5 Å². The van der Waals surface area contributed by atoms with Gasteiger partial charge in [-0.25, -0.2) is 9.59 Å². The molecule has 0 aliphatic heterocycles. The molecule has 0 saturated heterocycles. The molecule has 2 aromatic carbocycles. The zero-order valence-electron chi connectivity index (χ0n) is 15.2. The molecule has 0 saturated carbocycles. The Bertz CT molecular complexity index is 773. The molecule has 0 heterocycles. The molecule has 6 nitrogen and oxygen atoms in total. The number of hydrogen-bond acceptors (Lipinski definition) is 6. The van der Waals surface area contributed by atoms with E-state index < -0.39 is 11.9 Å². The first-order valence-electron chi connectivity index (χ1n) is 8.44. The molecule has 0 aromatic heterocycles. The minimum Gasteiger partial charge on any atom is -0.482 e. The van der Waals surface area contributed by atoms with Gasteiger partial charge >= 0.3 is 11.9 Å². The Morgan fingerprint density at radius 3 is 2.37 bits per heavy atom. The third-order valence-electron chi connectivity index (χ3n) is 3.47. The summed E-state index contributed by atoms with van der Waals surface area (Å²) >= 11 is 5.94. The molecule has 2 aromatic rings. The highest BCUT2D eigenvalue weighted by Gasteiger charge is 2.10. The molecule has 0 fully saturated rings. The topological polar surface area (TPSA) is 71.1 Å². The summed E-state index contributed by atoms with van der Waals surface area (Å²) < 4.78 is 20.7. The van der Waals surface area contributed by atoms with E-state index in [2.05, 4.69) is 0 Å². The van der Waals surface area contributed by atoms with Crippen molar-refractivity contribution in [2.45, 2.75) is 13.8 Å². The fourth-order valence-electron chi connectivity index (χ4n) is 2.09. The van der Waals surface area contributed by atoms with Gasteiger partial charge in [0.2, 0.25) is 0 Å². The fraction of sp³-hybridized carbons (Fsp3) is 0.300. The van der Waals surface area contributed by atoms with Crippen molar-refractivity contribution >= 4 is 23.5 Å². The van der Waals surface area contributed by atoms with Crippen molar-refractivity contribution in [2.24, 2.45) is 0 Å². The number of esters is 2. The number of ether oxygens (including phenoxy) is 4. The van der Waals surface area contributed by atoms with Crippen LogP contribution in [0.25, 0.3) is 0 Å². The van der Waals surface area contributed by atoms with Crippen LogP contribution in [0.2, 0.25) is 5.02 Å². The summed E-state index contributed by atoms with van der Waals surface area (Å²) in [5, 5.41) is 0.626. The molecule has 0 aliphatic rings. The van der Waals surface area contributed by atoms with Crippen LogP contribution in [0.1, 0.15) is 22.8 Å². The zero-order valence-corrected chi connectivity index (χ0v) is 16.0. The summed E-state index contributed by atoms with van der Waals surface area (Å²) in [7, 11) is 0. The van der Waals surface area contributed by atoms with Gasteiger partial charge in [-0.15, -0.1) is 0 Å². The molecule has 144 valence electrons. The van der Waals surface area contributed by atoms with E-state index in [-0.39, 0.29) is 13.2 Å². The molecule has 2 rings (SSSR count). The monoisotopic (exact) mass is 392 g/mol. The van der Waals surface area contributed by atoms with E-state index in [1.54, 1.807) is 18.2 Å². The highest BCUT2D eigenvalue weighted by molar-refractivity contribution is 6.31. The summed E-state index contributed by atoms with van der Waals surface area (Å²) in [4.78, 5) is 23.7. The van der Waals surface area contributed by atoms with Gasteiger partial charge in [-0.2, -0.15) is 0 Å². The Kier molecular flexibility index (Phi) is 8.10. The zero-order chi connectivity index (χ0) is 19.6. The predicted octanol–water partition coefficient (Wildman–Crippen LogP) is 3.83. The van der Waals surface area contributed by atoms with Crippen molar-refractivity contribution < 1.29 is 28.5 Å². The van der Waals surface area contributed by atoms with Crippen molar-refractivity contribution in [3.8, 4) is 11.5 Å². The standard InChI is InChI=1S/C20H21ClO6/c1-3-24-10-11-25-20(23)15-4-6-16(7-5-15)27-19(22)13-26-17-8-9-18(21)14(2)12-17/h4-9,12H,3,10-11,13H2,1-2H3. The normalized spacial score (nSPS) is 10.3. The largest absolute Gasteiger partial charge is 0.482 e. The van der Waals surface area contributed by atoms with Crippen LogP contribution < -0.4 is 9.47 Å². The Morgan fingerprint density at radius 2 is 1.70 bits per heavy atom. The van der Waals surface area contributed by atoms with E-state index in [0.29, 0.717) is 35.3 Å². The lowest BCUT2D eigenvalue weighted by Crippen LogP contribution is -2.17. The van der Waals surface area contributed by atoms with Crippen LogP contribution in [0.3, 0.4) is 0 Å². The van der Waals surface area contributed by atoms with Gasteiger partial charge in [-0.1, -0.05) is 11.6 Å². The summed E-state index contributed by atoms with van der Waals surface area (Å²) in [5.41, 5.74) is 1.21. The Hall–Kier alpha value is -2.57. The number of aryl methyl sites for hydroxylation is 1. The maximum Gasteiger partial charge on any atom is 0.349 e. The quantitative estimate of drug-likeness (QED) is 0.367. The fourth-order valence-corrected chi connectivity index (χ4v) is 2.21. The van der Waals surface area contributed by atoms with E-state index in [1.165, 1.54) is 24.3 Å². The van der Waals surface area contributed by atoms with Gasteiger partial charge in [0.25, 0.3) is 0 Å². The van der Waals surface area contributed by atoms with Crippen molar-refractivity contribution in [3.63, 3.8) is 0 Å². The van der Waals surface area contributed by atoms with Crippen LogP contribution in [0, 0.1) is 6.92 Å². The van der Waals surface area contributed by atoms with E-state index in [4.69, 9.17) is 30.5 Å². The van der Waals surface area contributed by atoms with Gasteiger partial charge in [0.1, 0.15) is 18.1 Å². The van der Waals surface area contributed by atoms with Gasteiger partial charge in [0.05, 0.1) is 12.2 Å². The van der Waals surface area contributed by atoms with Crippen LogP contribution in [-0.2, 0) is 14.3 Å². The summed E-state index contributed by atoms with van der Waals surface area (Å²) in [6.07, 6.45) is 0. The minimum absolute atomic E-state index is 0.185. The summed E-state index contributed by atoms with van der Waals surface area (Å²) in [6.45, 7) is 4.57. The van der Waals surface area contributed by atoms with Crippen molar-refractivity contribution in [1.29, 1.82) is 0 Å². The average Bonchev–Trinajstić information content (AvgIpc) is 2.66. The Morgan fingerprint density at radius 1 is 1.00 bits per heavy atom. The molecule has 0 spiro atoms. The van der Waals surface area contributed by atoms with E-state index in [0.717, 1.165) is 5.56 Å². The molecule has 0 atom stereocenters. The van der Waals surface area contributed by atoms with Crippen LogP contribution in [0.5, 0.6) is 11.5 Å². The van der Waals surface area contributed by atoms with Crippen LogP contribution >= 0.6 is 11.6 Å². The van der Waals surface area contributed by atoms with Gasteiger partial charge in [-0.3, -0.25) is 0 Å². The number of halogens is 1. The van der Waals surface area contributed by atoms with Crippen LogP contribution in [0.4, 0.5) is 0 Å². The number of carbonyl (C=O) groups is 2. The van der Waals surface area contributed by atoms with E-state index in [1.807, 2.05) is 13.8 Å². The smallest absolute Gasteiger partial charge is 0.349 e. The summed E-state index contributed by atoms with van der Waals surface area (Å²) in [5.74, 6) is -0.190. The second-order valence-electron chi connectivity index (χ2n) is 5.53. The van der Waals surface area contributed by atoms with Gasteiger partial charge in [0, 0.05) is 11.6 Å².